The topological polar surface area (TPSA) is 48.4 Å². The lowest BCUT2D eigenvalue weighted by atomic mass is 9.70. The third kappa shape index (κ3) is 4.06. The zero-order valence-corrected chi connectivity index (χ0v) is 14.0. The molecule has 0 amide bonds. The fourth-order valence-electron chi connectivity index (χ4n) is 2.30. The van der Waals surface area contributed by atoms with Crippen molar-refractivity contribution >= 4 is 17.3 Å². The van der Waals surface area contributed by atoms with Gasteiger partial charge in [-0.25, -0.2) is 9.78 Å². The first-order valence-corrected chi connectivity index (χ1v) is 8.26. The molecule has 1 atom stereocenters. The number of hydrogen-bond acceptors (Lipinski definition) is 5. The number of carbonyl (C=O) groups is 1. The molecular weight excluding hydrogens is 286 g/mol. The molecule has 1 aliphatic carbocycles. The van der Waals surface area contributed by atoms with Gasteiger partial charge in [-0.2, -0.15) is 0 Å². The molecule has 0 unspecified atom stereocenters. The Bertz CT molecular complexity index is 532. The number of rotatable bonds is 6. The van der Waals surface area contributed by atoms with Crippen LogP contribution in [0.4, 0.5) is 0 Å². The van der Waals surface area contributed by atoms with Gasteiger partial charge in [0.2, 0.25) is 5.88 Å². The van der Waals surface area contributed by atoms with Gasteiger partial charge in [0.05, 0.1) is 11.6 Å². The second-order valence-electron chi connectivity index (χ2n) is 5.78. The van der Waals surface area contributed by atoms with Crippen molar-refractivity contribution < 1.29 is 14.3 Å². The van der Waals surface area contributed by atoms with Crippen molar-refractivity contribution in [3.63, 3.8) is 0 Å². The largest absolute Gasteiger partial charge is 0.469 e. The third-order valence-corrected chi connectivity index (χ3v) is 4.66. The Kier molecular flexibility index (Phi) is 5.04. The molecule has 2 rings (SSSR count). The summed E-state index contributed by atoms with van der Waals surface area (Å²) in [6.07, 6.45) is 7.94. The van der Waals surface area contributed by atoms with Gasteiger partial charge in [-0.3, -0.25) is 0 Å². The number of aromatic nitrogens is 1. The van der Waals surface area contributed by atoms with E-state index in [1.807, 2.05) is 13.8 Å². The van der Waals surface area contributed by atoms with Crippen molar-refractivity contribution in [1.29, 1.82) is 0 Å². The summed E-state index contributed by atoms with van der Waals surface area (Å²) in [7, 11) is 0. The summed E-state index contributed by atoms with van der Waals surface area (Å²) in [6.45, 7) is 8.22. The molecule has 116 valence electrons. The number of thiazole rings is 1. The lowest BCUT2D eigenvalue weighted by Gasteiger charge is -2.35. The van der Waals surface area contributed by atoms with Crippen molar-refractivity contribution in [2.45, 2.75) is 53.1 Å². The number of esters is 1. The molecule has 0 N–H and O–H groups in total. The standard InChI is InChI=1S/C16H23NO3S/c1-5-19-15(18)13-14(17-12(3)21-13)20-11(2)7-10-16(4)8-6-9-16/h7,10-11H,5-6,8-9H2,1-4H3/t11-/m0/s1. The highest BCUT2D eigenvalue weighted by molar-refractivity contribution is 7.13. The van der Waals surface area contributed by atoms with E-state index in [-0.39, 0.29) is 12.1 Å². The van der Waals surface area contributed by atoms with Gasteiger partial charge in [0, 0.05) is 0 Å². The average molecular weight is 309 g/mol. The van der Waals surface area contributed by atoms with E-state index in [1.54, 1.807) is 6.92 Å². The van der Waals surface area contributed by atoms with Crippen molar-refractivity contribution in [3.05, 3.63) is 22.0 Å². The van der Waals surface area contributed by atoms with Crippen LogP contribution in [0.5, 0.6) is 5.88 Å². The third-order valence-electron chi connectivity index (χ3n) is 3.73. The van der Waals surface area contributed by atoms with Crippen molar-refractivity contribution in [2.75, 3.05) is 6.61 Å². The number of nitrogens with zero attached hydrogens (tertiary/aromatic N) is 1. The fourth-order valence-corrected chi connectivity index (χ4v) is 3.05. The minimum Gasteiger partial charge on any atom is -0.469 e. The summed E-state index contributed by atoms with van der Waals surface area (Å²) in [5.74, 6) is 0.0205. The van der Waals surface area contributed by atoms with Crippen molar-refractivity contribution in [1.82, 2.24) is 4.98 Å². The van der Waals surface area contributed by atoms with Crippen LogP contribution in [0.1, 0.15) is 54.7 Å². The van der Waals surface area contributed by atoms with E-state index in [1.165, 1.54) is 30.6 Å². The van der Waals surface area contributed by atoms with Crippen LogP contribution in [0.3, 0.4) is 0 Å². The summed E-state index contributed by atoms with van der Waals surface area (Å²) in [5.41, 5.74) is 0.319. The maximum Gasteiger partial charge on any atom is 0.353 e. The molecule has 5 heteroatoms. The molecule has 0 saturated heterocycles. The second-order valence-corrected chi connectivity index (χ2v) is 6.98. The lowest BCUT2D eigenvalue weighted by molar-refractivity contribution is 0.0526. The van der Waals surface area contributed by atoms with Crippen molar-refractivity contribution in [3.8, 4) is 5.88 Å². The molecule has 21 heavy (non-hydrogen) atoms. The van der Waals surface area contributed by atoms with Crippen molar-refractivity contribution in [2.24, 2.45) is 5.41 Å². The SMILES string of the molecule is CCOC(=O)c1sc(C)nc1O[C@@H](C)C=CC1(C)CCC1. The average Bonchev–Trinajstić information content (AvgIpc) is 2.75. The van der Waals surface area contributed by atoms with E-state index in [9.17, 15) is 4.79 Å². The summed E-state index contributed by atoms with van der Waals surface area (Å²) in [6, 6.07) is 0. The molecule has 0 spiro atoms. The van der Waals surface area contributed by atoms with Crippen LogP contribution in [0.2, 0.25) is 0 Å². The number of allylic oxidation sites excluding steroid dienone is 1. The Morgan fingerprint density at radius 2 is 2.24 bits per heavy atom. The predicted molar refractivity (Wildman–Crippen MR) is 84.0 cm³/mol. The molecule has 4 nitrogen and oxygen atoms in total. The van der Waals surface area contributed by atoms with E-state index in [4.69, 9.17) is 9.47 Å². The molecule has 1 heterocycles. The smallest absolute Gasteiger partial charge is 0.353 e. The highest BCUT2D eigenvalue weighted by atomic mass is 32.1. The van der Waals surface area contributed by atoms with E-state index in [0.717, 1.165) is 5.01 Å². The normalized spacial score (nSPS) is 18.3. The highest BCUT2D eigenvalue weighted by Crippen LogP contribution is 2.41. The zero-order valence-electron chi connectivity index (χ0n) is 13.1. The molecule has 1 aromatic heterocycles. The molecular formula is C16H23NO3S. The maximum atomic E-state index is 11.9. The Hall–Kier alpha value is -1.36. The molecule has 1 fully saturated rings. The first-order chi connectivity index (χ1) is 9.93. The summed E-state index contributed by atoms with van der Waals surface area (Å²) < 4.78 is 10.8. The molecule has 0 bridgehead atoms. The molecule has 0 aromatic carbocycles. The zero-order chi connectivity index (χ0) is 15.5. The van der Waals surface area contributed by atoms with E-state index >= 15 is 0 Å². The summed E-state index contributed by atoms with van der Waals surface area (Å²) in [5, 5.41) is 0.801. The molecule has 1 aromatic rings. The van der Waals surface area contributed by atoms with Crippen LogP contribution < -0.4 is 4.74 Å². The van der Waals surface area contributed by atoms with Gasteiger partial charge in [-0.15, -0.1) is 11.3 Å². The number of carbonyl (C=O) groups excluding carboxylic acids is 1. The van der Waals surface area contributed by atoms with Gasteiger partial charge < -0.3 is 9.47 Å². The highest BCUT2D eigenvalue weighted by Gasteiger charge is 2.29. The van der Waals surface area contributed by atoms with Gasteiger partial charge in [0.15, 0.2) is 4.88 Å². The van der Waals surface area contributed by atoms with Gasteiger partial charge >= 0.3 is 5.97 Å². The summed E-state index contributed by atoms with van der Waals surface area (Å²) in [4.78, 5) is 16.6. The Morgan fingerprint density at radius 3 is 2.81 bits per heavy atom. The van der Waals surface area contributed by atoms with Gasteiger partial charge in [-0.1, -0.05) is 19.4 Å². The second kappa shape index (κ2) is 6.60. The first-order valence-electron chi connectivity index (χ1n) is 7.44. The monoisotopic (exact) mass is 309 g/mol. The minimum absolute atomic E-state index is 0.114. The van der Waals surface area contributed by atoms with E-state index in [2.05, 4.69) is 24.1 Å². The number of ether oxygens (including phenoxy) is 2. The van der Waals surface area contributed by atoms with E-state index < -0.39 is 0 Å². The maximum absolute atomic E-state index is 11.9. The van der Waals surface area contributed by atoms with E-state index in [0.29, 0.717) is 22.8 Å². The predicted octanol–water partition coefficient (Wildman–Crippen LogP) is 4.14. The van der Waals surface area contributed by atoms with Gasteiger partial charge in [0.25, 0.3) is 0 Å². The Morgan fingerprint density at radius 1 is 1.52 bits per heavy atom. The van der Waals surface area contributed by atoms with Crippen LogP contribution in [0.15, 0.2) is 12.2 Å². The van der Waals surface area contributed by atoms with Crippen LogP contribution in [0, 0.1) is 12.3 Å². The van der Waals surface area contributed by atoms with Crippen LogP contribution >= 0.6 is 11.3 Å². The Labute approximate surface area is 130 Å². The van der Waals surface area contributed by atoms with Crippen LogP contribution in [-0.2, 0) is 4.74 Å². The quantitative estimate of drug-likeness (QED) is 0.585. The van der Waals surface area contributed by atoms with Gasteiger partial charge in [0.1, 0.15) is 6.10 Å². The first kappa shape index (κ1) is 16.0. The molecule has 1 aliphatic rings. The lowest BCUT2D eigenvalue weighted by Crippen LogP contribution is -2.23. The number of aryl methyl sites for hydroxylation is 1. The van der Waals surface area contributed by atoms with Gasteiger partial charge in [-0.05, 0) is 45.1 Å². The minimum atomic E-state index is -0.361. The van der Waals surface area contributed by atoms with Crippen LogP contribution in [0.25, 0.3) is 0 Å². The number of hydrogen-bond donors (Lipinski definition) is 0. The Balaban J connectivity index is 2.03. The summed E-state index contributed by atoms with van der Waals surface area (Å²) >= 11 is 1.31. The fraction of sp³-hybridized carbons (Fsp3) is 0.625. The molecule has 0 aliphatic heterocycles. The molecule has 0 radical (unpaired) electrons. The van der Waals surface area contributed by atoms with Crippen LogP contribution in [-0.4, -0.2) is 23.7 Å². The molecule has 1 saturated carbocycles.